The third-order valence-electron chi connectivity index (χ3n) is 2.01. The SMILES string of the molecule is Nc1nc(-n2cccn2)c(Cl)cc1C(F)(F)F. The van der Waals surface area contributed by atoms with Crippen molar-refractivity contribution in [3.8, 4) is 5.82 Å². The van der Waals surface area contributed by atoms with Crippen molar-refractivity contribution in [2.75, 3.05) is 5.73 Å². The van der Waals surface area contributed by atoms with Gasteiger partial charge in [0.25, 0.3) is 0 Å². The maximum Gasteiger partial charge on any atom is 0.419 e. The highest BCUT2D eigenvalue weighted by molar-refractivity contribution is 6.32. The predicted octanol–water partition coefficient (Wildman–Crippen LogP) is 2.52. The van der Waals surface area contributed by atoms with Crippen molar-refractivity contribution < 1.29 is 13.2 Å². The number of rotatable bonds is 1. The van der Waals surface area contributed by atoms with E-state index in [0.29, 0.717) is 0 Å². The van der Waals surface area contributed by atoms with E-state index in [1.54, 1.807) is 6.07 Å². The number of pyridine rings is 1. The average Bonchev–Trinajstić information content (AvgIpc) is 2.72. The molecule has 2 heterocycles. The van der Waals surface area contributed by atoms with Crippen LogP contribution in [-0.2, 0) is 6.18 Å². The number of nitrogens with two attached hydrogens (primary N) is 1. The molecule has 17 heavy (non-hydrogen) atoms. The Kier molecular flexibility index (Phi) is 2.70. The van der Waals surface area contributed by atoms with Gasteiger partial charge >= 0.3 is 6.18 Å². The second-order valence-corrected chi connectivity index (χ2v) is 3.58. The number of nitrogen functional groups attached to an aromatic ring is 1. The zero-order chi connectivity index (χ0) is 12.6. The molecule has 0 spiro atoms. The van der Waals surface area contributed by atoms with Crippen LogP contribution in [0.5, 0.6) is 0 Å². The second-order valence-electron chi connectivity index (χ2n) is 3.17. The van der Waals surface area contributed by atoms with Crippen LogP contribution >= 0.6 is 11.6 Å². The molecule has 0 saturated heterocycles. The van der Waals surface area contributed by atoms with Crippen LogP contribution in [0, 0.1) is 0 Å². The van der Waals surface area contributed by atoms with Gasteiger partial charge in [-0.25, -0.2) is 9.67 Å². The van der Waals surface area contributed by atoms with Crippen molar-refractivity contribution in [1.82, 2.24) is 14.8 Å². The van der Waals surface area contributed by atoms with Crippen LogP contribution in [0.3, 0.4) is 0 Å². The molecule has 90 valence electrons. The monoisotopic (exact) mass is 262 g/mol. The van der Waals surface area contributed by atoms with Gasteiger partial charge in [-0.15, -0.1) is 0 Å². The third-order valence-corrected chi connectivity index (χ3v) is 2.29. The largest absolute Gasteiger partial charge is 0.419 e. The molecule has 2 rings (SSSR count). The van der Waals surface area contributed by atoms with Gasteiger partial charge < -0.3 is 5.73 Å². The fourth-order valence-corrected chi connectivity index (χ4v) is 1.51. The first kappa shape index (κ1) is 11.7. The maximum atomic E-state index is 12.5. The highest BCUT2D eigenvalue weighted by atomic mass is 35.5. The molecule has 0 unspecified atom stereocenters. The van der Waals surface area contributed by atoms with Crippen LogP contribution in [-0.4, -0.2) is 14.8 Å². The summed E-state index contributed by atoms with van der Waals surface area (Å²) in [6.07, 6.45) is -1.63. The summed E-state index contributed by atoms with van der Waals surface area (Å²) >= 11 is 5.72. The zero-order valence-electron chi connectivity index (χ0n) is 8.24. The molecule has 2 N–H and O–H groups in total. The molecule has 2 aromatic rings. The number of hydrogen-bond acceptors (Lipinski definition) is 3. The lowest BCUT2D eigenvalue weighted by atomic mass is 10.2. The van der Waals surface area contributed by atoms with Gasteiger partial charge in [0, 0.05) is 12.4 Å². The summed E-state index contributed by atoms with van der Waals surface area (Å²) in [7, 11) is 0. The van der Waals surface area contributed by atoms with Crippen LogP contribution in [0.15, 0.2) is 24.5 Å². The highest BCUT2D eigenvalue weighted by Gasteiger charge is 2.34. The molecule has 0 aliphatic heterocycles. The number of aromatic nitrogens is 3. The lowest BCUT2D eigenvalue weighted by Crippen LogP contribution is -2.12. The normalized spacial score (nSPS) is 11.8. The Hall–Kier alpha value is -1.76. The van der Waals surface area contributed by atoms with E-state index < -0.39 is 17.6 Å². The molecule has 0 radical (unpaired) electrons. The van der Waals surface area contributed by atoms with Gasteiger partial charge in [-0.1, -0.05) is 11.6 Å². The van der Waals surface area contributed by atoms with Gasteiger partial charge in [-0.05, 0) is 12.1 Å². The van der Waals surface area contributed by atoms with Gasteiger partial charge in [0.1, 0.15) is 5.82 Å². The number of halogens is 4. The molecular formula is C9H6ClF3N4. The fraction of sp³-hybridized carbons (Fsp3) is 0.111. The van der Waals surface area contributed by atoms with Crippen molar-refractivity contribution in [2.24, 2.45) is 0 Å². The van der Waals surface area contributed by atoms with Gasteiger partial charge in [0.15, 0.2) is 5.82 Å². The molecule has 8 heteroatoms. The lowest BCUT2D eigenvalue weighted by molar-refractivity contribution is -0.137. The molecule has 0 fully saturated rings. The number of nitrogens with zero attached hydrogens (tertiary/aromatic N) is 3. The smallest absolute Gasteiger partial charge is 0.383 e. The highest BCUT2D eigenvalue weighted by Crippen LogP contribution is 2.35. The first-order valence-electron chi connectivity index (χ1n) is 4.43. The molecule has 0 saturated carbocycles. The number of anilines is 1. The summed E-state index contributed by atoms with van der Waals surface area (Å²) in [5.41, 5.74) is 4.19. The van der Waals surface area contributed by atoms with Crippen LogP contribution in [0.1, 0.15) is 5.56 Å². The minimum Gasteiger partial charge on any atom is -0.383 e. The van der Waals surface area contributed by atoms with E-state index in [-0.39, 0.29) is 10.8 Å². The molecule has 0 aliphatic rings. The van der Waals surface area contributed by atoms with Crippen LogP contribution < -0.4 is 5.73 Å². The van der Waals surface area contributed by atoms with Crippen LogP contribution in [0.4, 0.5) is 19.0 Å². The molecule has 0 bridgehead atoms. The minimum absolute atomic E-state index is 0.0576. The molecular weight excluding hydrogens is 257 g/mol. The Labute approximate surface area is 98.8 Å². The average molecular weight is 263 g/mol. The first-order valence-corrected chi connectivity index (χ1v) is 4.80. The van der Waals surface area contributed by atoms with Gasteiger partial charge in [0.05, 0.1) is 10.6 Å². The van der Waals surface area contributed by atoms with E-state index in [0.717, 1.165) is 6.07 Å². The van der Waals surface area contributed by atoms with Crippen molar-refractivity contribution in [3.63, 3.8) is 0 Å². The fourth-order valence-electron chi connectivity index (χ4n) is 1.27. The van der Waals surface area contributed by atoms with E-state index in [1.165, 1.54) is 17.1 Å². The molecule has 0 amide bonds. The molecule has 0 aromatic carbocycles. The van der Waals surface area contributed by atoms with Gasteiger partial charge in [-0.3, -0.25) is 0 Å². The van der Waals surface area contributed by atoms with Crippen molar-refractivity contribution >= 4 is 17.4 Å². The van der Waals surface area contributed by atoms with E-state index in [1.807, 2.05) is 0 Å². The van der Waals surface area contributed by atoms with Crippen molar-refractivity contribution in [3.05, 3.63) is 35.1 Å². The van der Waals surface area contributed by atoms with Gasteiger partial charge in [-0.2, -0.15) is 18.3 Å². The Balaban J connectivity index is 2.57. The Bertz CT molecular complexity index is 536. The molecule has 0 atom stereocenters. The van der Waals surface area contributed by atoms with Crippen molar-refractivity contribution in [1.29, 1.82) is 0 Å². The summed E-state index contributed by atoms with van der Waals surface area (Å²) < 4.78 is 38.7. The maximum absolute atomic E-state index is 12.5. The van der Waals surface area contributed by atoms with E-state index in [4.69, 9.17) is 17.3 Å². The Morgan fingerprint density at radius 3 is 2.59 bits per heavy atom. The van der Waals surface area contributed by atoms with Gasteiger partial charge in [0.2, 0.25) is 0 Å². The summed E-state index contributed by atoms with van der Waals surface area (Å²) in [6.45, 7) is 0. The second kappa shape index (κ2) is 3.92. The summed E-state index contributed by atoms with van der Waals surface area (Å²) in [6, 6.07) is 2.33. The zero-order valence-corrected chi connectivity index (χ0v) is 9.00. The lowest BCUT2D eigenvalue weighted by Gasteiger charge is -2.11. The Morgan fingerprint density at radius 2 is 2.06 bits per heavy atom. The number of hydrogen-bond donors (Lipinski definition) is 1. The van der Waals surface area contributed by atoms with Crippen LogP contribution in [0.25, 0.3) is 5.82 Å². The topological polar surface area (TPSA) is 56.7 Å². The van der Waals surface area contributed by atoms with Crippen LogP contribution in [0.2, 0.25) is 5.02 Å². The standard InChI is InChI=1S/C9H6ClF3N4/c10-6-4-5(9(11,12)13)7(14)16-8(6)17-3-1-2-15-17/h1-4H,(H2,14,16). The number of alkyl halides is 3. The van der Waals surface area contributed by atoms with Crippen molar-refractivity contribution in [2.45, 2.75) is 6.18 Å². The summed E-state index contributed by atoms with van der Waals surface area (Å²) in [5.74, 6) is -0.574. The molecule has 4 nitrogen and oxygen atoms in total. The van der Waals surface area contributed by atoms with E-state index in [9.17, 15) is 13.2 Å². The molecule has 2 aromatic heterocycles. The third kappa shape index (κ3) is 2.19. The summed E-state index contributed by atoms with van der Waals surface area (Å²) in [4.78, 5) is 3.61. The van der Waals surface area contributed by atoms with E-state index in [2.05, 4.69) is 10.1 Å². The predicted molar refractivity (Wildman–Crippen MR) is 55.8 cm³/mol. The first-order chi connectivity index (χ1) is 7.89. The minimum atomic E-state index is -4.58. The van der Waals surface area contributed by atoms with E-state index >= 15 is 0 Å². The molecule has 0 aliphatic carbocycles. The summed E-state index contributed by atoms with van der Waals surface area (Å²) in [5, 5.41) is 3.64. The Morgan fingerprint density at radius 1 is 1.35 bits per heavy atom. The quantitative estimate of drug-likeness (QED) is 0.859.